The fourth-order valence-corrected chi connectivity index (χ4v) is 1.94. The Morgan fingerprint density at radius 1 is 1.50 bits per heavy atom. The Balaban J connectivity index is 2.05. The van der Waals surface area contributed by atoms with Gasteiger partial charge in [0.1, 0.15) is 0 Å². The normalized spacial score (nSPS) is 23.2. The lowest BCUT2D eigenvalue weighted by atomic mass is 10.1. The van der Waals surface area contributed by atoms with Crippen LogP contribution >= 0.6 is 0 Å². The highest BCUT2D eigenvalue weighted by atomic mass is 19.3. The van der Waals surface area contributed by atoms with E-state index in [1.807, 2.05) is 0 Å². The van der Waals surface area contributed by atoms with Crippen LogP contribution in [-0.4, -0.2) is 56.8 Å². The molecule has 2 unspecified atom stereocenters. The van der Waals surface area contributed by atoms with Crippen molar-refractivity contribution in [1.82, 2.24) is 10.2 Å². The summed E-state index contributed by atoms with van der Waals surface area (Å²) in [7, 11) is 1.71. The Morgan fingerprint density at radius 3 is 2.81 bits per heavy atom. The van der Waals surface area contributed by atoms with Crippen molar-refractivity contribution in [3.63, 3.8) is 0 Å². The van der Waals surface area contributed by atoms with Crippen LogP contribution in [0.5, 0.6) is 0 Å². The van der Waals surface area contributed by atoms with E-state index in [1.165, 1.54) is 0 Å². The van der Waals surface area contributed by atoms with E-state index in [1.54, 1.807) is 11.9 Å². The van der Waals surface area contributed by atoms with E-state index in [0.717, 1.165) is 26.0 Å². The molecule has 1 fully saturated rings. The Morgan fingerprint density at radius 2 is 2.25 bits per heavy atom. The smallest absolute Gasteiger partial charge is 0.251 e. The van der Waals surface area contributed by atoms with Crippen LogP contribution in [0.2, 0.25) is 0 Å². The molecule has 0 radical (unpaired) electrons. The molecule has 0 spiro atoms. The van der Waals surface area contributed by atoms with Crippen LogP contribution in [0, 0.1) is 0 Å². The zero-order valence-corrected chi connectivity index (χ0v) is 10.1. The van der Waals surface area contributed by atoms with E-state index in [0.29, 0.717) is 18.7 Å². The van der Waals surface area contributed by atoms with Gasteiger partial charge in [0.25, 0.3) is 6.43 Å². The number of hydrogen-bond acceptors (Lipinski definition) is 3. The number of halogens is 2. The SMILES string of the molecule is CC(NCCN(C)CC(F)F)C1CCCO1. The molecule has 1 saturated heterocycles. The topological polar surface area (TPSA) is 24.5 Å². The van der Waals surface area contributed by atoms with Crippen LogP contribution in [0.4, 0.5) is 8.78 Å². The average molecular weight is 236 g/mol. The van der Waals surface area contributed by atoms with Gasteiger partial charge in [0.05, 0.1) is 12.6 Å². The lowest BCUT2D eigenvalue weighted by Crippen LogP contribution is -2.41. The third-order valence-corrected chi connectivity index (χ3v) is 2.93. The van der Waals surface area contributed by atoms with E-state index in [-0.39, 0.29) is 6.54 Å². The maximum absolute atomic E-state index is 12.0. The largest absolute Gasteiger partial charge is 0.377 e. The van der Waals surface area contributed by atoms with Crippen molar-refractivity contribution in [2.45, 2.75) is 38.3 Å². The van der Waals surface area contributed by atoms with Crippen molar-refractivity contribution < 1.29 is 13.5 Å². The van der Waals surface area contributed by atoms with Crippen molar-refractivity contribution in [3.05, 3.63) is 0 Å². The van der Waals surface area contributed by atoms with E-state index in [2.05, 4.69) is 12.2 Å². The minimum absolute atomic E-state index is 0.157. The number of nitrogens with one attached hydrogen (secondary N) is 1. The molecule has 1 aliphatic rings. The van der Waals surface area contributed by atoms with Gasteiger partial charge in [0.2, 0.25) is 0 Å². The Hall–Kier alpha value is -0.260. The second-order valence-electron chi connectivity index (χ2n) is 4.45. The predicted octanol–water partition coefficient (Wildman–Crippen LogP) is 1.34. The van der Waals surface area contributed by atoms with Crippen molar-refractivity contribution in [2.24, 2.45) is 0 Å². The summed E-state index contributed by atoms with van der Waals surface area (Å²) in [5, 5.41) is 3.32. The molecule has 1 aliphatic heterocycles. The van der Waals surface area contributed by atoms with E-state index in [4.69, 9.17) is 4.74 Å². The van der Waals surface area contributed by atoms with Crippen molar-refractivity contribution >= 4 is 0 Å². The summed E-state index contributed by atoms with van der Waals surface area (Å²) < 4.78 is 29.6. The maximum Gasteiger partial charge on any atom is 0.251 e. The van der Waals surface area contributed by atoms with E-state index in [9.17, 15) is 8.78 Å². The fraction of sp³-hybridized carbons (Fsp3) is 1.00. The minimum atomic E-state index is -2.25. The molecule has 0 aromatic rings. The molecule has 1 heterocycles. The maximum atomic E-state index is 12.0. The lowest BCUT2D eigenvalue weighted by molar-refractivity contribution is 0.0793. The van der Waals surface area contributed by atoms with Gasteiger partial charge in [0, 0.05) is 25.7 Å². The van der Waals surface area contributed by atoms with Gasteiger partial charge in [0.15, 0.2) is 0 Å². The molecule has 1 rings (SSSR count). The number of ether oxygens (including phenoxy) is 1. The molecule has 0 bridgehead atoms. The summed E-state index contributed by atoms with van der Waals surface area (Å²) in [6, 6.07) is 0.308. The summed E-state index contributed by atoms with van der Waals surface area (Å²) in [5.41, 5.74) is 0. The van der Waals surface area contributed by atoms with Gasteiger partial charge in [-0.2, -0.15) is 0 Å². The molecule has 0 aromatic heterocycles. The Kier molecular flexibility index (Phi) is 6.16. The second-order valence-corrected chi connectivity index (χ2v) is 4.45. The van der Waals surface area contributed by atoms with Gasteiger partial charge in [-0.05, 0) is 26.8 Å². The summed E-state index contributed by atoms with van der Waals surface area (Å²) in [4.78, 5) is 1.64. The standard InChI is InChI=1S/C11H22F2N2O/c1-9(10-4-3-7-16-10)14-5-6-15(2)8-11(12)13/h9-11,14H,3-8H2,1-2H3. The minimum Gasteiger partial charge on any atom is -0.377 e. The van der Waals surface area contributed by atoms with Gasteiger partial charge in [-0.25, -0.2) is 8.78 Å². The quantitative estimate of drug-likeness (QED) is 0.722. The lowest BCUT2D eigenvalue weighted by Gasteiger charge is -2.22. The molecule has 0 saturated carbocycles. The van der Waals surface area contributed by atoms with Gasteiger partial charge in [-0.1, -0.05) is 0 Å². The van der Waals surface area contributed by atoms with Gasteiger partial charge in [-0.15, -0.1) is 0 Å². The first kappa shape index (κ1) is 13.8. The first-order valence-corrected chi connectivity index (χ1v) is 5.91. The molecular formula is C11H22F2N2O. The molecule has 0 amide bonds. The van der Waals surface area contributed by atoms with Crippen LogP contribution < -0.4 is 5.32 Å². The van der Waals surface area contributed by atoms with Crippen molar-refractivity contribution in [3.8, 4) is 0 Å². The van der Waals surface area contributed by atoms with Crippen molar-refractivity contribution in [2.75, 3.05) is 33.3 Å². The van der Waals surface area contributed by atoms with Crippen LogP contribution in [0.25, 0.3) is 0 Å². The Labute approximate surface area is 96.1 Å². The van der Waals surface area contributed by atoms with E-state index >= 15 is 0 Å². The third-order valence-electron chi connectivity index (χ3n) is 2.93. The molecule has 16 heavy (non-hydrogen) atoms. The highest BCUT2D eigenvalue weighted by molar-refractivity contribution is 4.76. The van der Waals surface area contributed by atoms with E-state index < -0.39 is 6.43 Å². The highest BCUT2D eigenvalue weighted by Crippen LogP contribution is 2.15. The summed E-state index contributed by atoms with van der Waals surface area (Å²) in [5.74, 6) is 0. The second kappa shape index (κ2) is 7.14. The molecule has 1 N–H and O–H groups in total. The Bertz CT molecular complexity index is 187. The molecular weight excluding hydrogens is 214 g/mol. The number of nitrogens with zero attached hydrogens (tertiary/aromatic N) is 1. The predicted molar refractivity (Wildman–Crippen MR) is 59.9 cm³/mol. The third kappa shape index (κ3) is 5.18. The summed E-state index contributed by atoms with van der Waals surface area (Å²) in [6.07, 6.45) is 0.268. The summed E-state index contributed by atoms with van der Waals surface area (Å²) >= 11 is 0. The molecule has 2 atom stereocenters. The molecule has 0 aliphatic carbocycles. The van der Waals surface area contributed by atoms with Crippen molar-refractivity contribution in [1.29, 1.82) is 0 Å². The van der Waals surface area contributed by atoms with Gasteiger partial charge in [-0.3, -0.25) is 4.90 Å². The number of likely N-dealkylation sites (N-methyl/N-ethyl adjacent to an activating group) is 1. The fourth-order valence-electron chi connectivity index (χ4n) is 1.94. The first-order chi connectivity index (χ1) is 7.59. The molecule has 5 heteroatoms. The van der Waals surface area contributed by atoms with Crippen LogP contribution in [0.3, 0.4) is 0 Å². The van der Waals surface area contributed by atoms with Crippen LogP contribution in [-0.2, 0) is 4.74 Å². The van der Waals surface area contributed by atoms with Gasteiger partial charge < -0.3 is 10.1 Å². The number of alkyl halides is 2. The monoisotopic (exact) mass is 236 g/mol. The number of rotatable bonds is 7. The zero-order chi connectivity index (χ0) is 12.0. The molecule has 3 nitrogen and oxygen atoms in total. The van der Waals surface area contributed by atoms with Gasteiger partial charge >= 0.3 is 0 Å². The van der Waals surface area contributed by atoms with Crippen LogP contribution in [0.1, 0.15) is 19.8 Å². The van der Waals surface area contributed by atoms with Crippen LogP contribution in [0.15, 0.2) is 0 Å². The molecule has 96 valence electrons. The highest BCUT2D eigenvalue weighted by Gasteiger charge is 2.21. The number of hydrogen-bond donors (Lipinski definition) is 1. The summed E-state index contributed by atoms with van der Waals surface area (Å²) in [6.45, 7) is 4.15. The molecule has 0 aromatic carbocycles. The average Bonchev–Trinajstić information content (AvgIpc) is 2.68. The first-order valence-electron chi connectivity index (χ1n) is 5.91. The zero-order valence-electron chi connectivity index (χ0n) is 10.1.